The van der Waals surface area contributed by atoms with Gasteiger partial charge in [-0.25, -0.2) is 18.6 Å². The van der Waals surface area contributed by atoms with Crippen LogP contribution in [0.4, 0.5) is 8.78 Å². The molecule has 11 heteroatoms. The fourth-order valence-corrected chi connectivity index (χ4v) is 5.99. The van der Waals surface area contributed by atoms with Gasteiger partial charge in [0, 0.05) is 36.1 Å². The zero-order valence-corrected chi connectivity index (χ0v) is 24.6. The van der Waals surface area contributed by atoms with Crippen LogP contribution in [0.5, 0.6) is 11.5 Å². The summed E-state index contributed by atoms with van der Waals surface area (Å²) in [6.45, 7) is 2.62. The minimum atomic E-state index is -1.51. The summed E-state index contributed by atoms with van der Waals surface area (Å²) >= 11 is 5.93. The topological polar surface area (TPSA) is 107 Å². The largest absolute Gasteiger partial charge is 0.478 e. The van der Waals surface area contributed by atoms with E-state index in [-0.39, 0.29) is 45.6 Å². The Kier molecular flexibility index (Phi) is 6.95. The monoisotopic (exact) mass is 627 g/mol. The van der Waals surface area contributed by atoms with Crippen LogP contribution in [0.25, 0.3) is 22.2 Å². The highest BCUT2D eigenvalue weighted by Gasteiger charge is 2.42. The summed E-state index contributed by atoms with van der Waals surface area (Å²) in [4.78, 5) is 16.3. The van der Waals surface area contributed by atoms with Crippen LogP contribution >= 0.6 is 11.6 Å². The number of para-hydroxylation sites is 1. The molecule has 0 bridgehead atoms. The van der Waals surface area contributed by atoms with Crippen molar-refractivity contribution in [2.45, 2.75) is 38.2 Å². The van der Waals surface area contributed by atoms with Gasteiger partial charge in [-0.05, 0) is 66.6 Å². The van der Waals surface area contributed by atoms with Crippen molar-refractivity contribution in [3.63, 3.8) is 0 Å². The van der Waals surface area contributed by atoms with Gasteiger partial charge in [-0.2, -0.15) is 5.26 Å². The predicted molar refractivity (Wildman–Crippen MR) is 160 cm³/mol. The highest BCUT2D eigenvalue weighted by molar-refractivity contribution is 6.30. The number of hydrogen-bond donors (Lipinski definition) is 1. The molecule has 0 amide bonds. The molecule has 8 nitrogen and oxygen atoms in total. The molecule has 2 atom stereocenters. The van der Waals surface area contributed by atoms with Crippen LogP contribution in [0, 0.1) is 23.0 Å². The lowest BCUT2D eigenvalue weighted by molar-refractivity contribution is -0.0705. The molecule has 7 rings (SSSR count). The molecule has 226 valence electrons. The molecule has 1 aromatic heterocycles. The smallest absolute Gasteiger partial charge is 0.335 e. The van der Waals surface area contributed by atoms with E-state index in [0.29, 0.717) is 46.9 Å². The number of nitriles is 1. The average molecular weight is 628 g/mol. The van der Waals surface area contributed by atoms with Crippen molar-refractivity contribution >= 4 is 28.6 Å². The van der Waals surface area contributed by atoms with E-state index in [1.165, 1.54) is 30.3 Å². The summed E-state index contributed by atoms with van der Waals surface area (Å²) in [5.41, 5.74) is 2.46. The Bertz CT molecular complexity index is 2070. The lowest BCUT2D eigenvalue weighted by atomic mass is 9.96. The number of benzene rings is 4. The fourth-order valence-electron chi connectivity index (χ4n) is 5.83. The Morgan fingerprint density at radius 3 is 2.67 bits per heavy atom. The number of carboxylic acids is 1. The van der Waals surface area contributed by atoms with Gasteiger partial charge < -0.3 is 23.9 Å². The van der Waals surface area contributed by atoms with Crippen molar-refractivity contribution < 1.29 is 32.9 Å². The second-order valence-electron chi connectivity index (χ2n) is 11.1. The summed E-state index contributed by atoms with van der Waals surface area (Å²) in [5, 5.41) is 19.9. The number of carbonyl (C=O) groups is 1. The van der Waals surface area contributed by atoms with Crippen LogP contribution in [-0.2, 0) is 23.5 Å². The second kappa shape index (κ2) is 10.9. The third kappa shape index (κ3) is 5.04. The van der Waals surface area contributed by atoms with Crippen molar-refractivity contribution in [2.75, 3.05) is 6.61 Å². The van der Waals surface area contributed by atoms with Crippen LogP contribution in [0.15, 0.2) is 66.7 Å². The molecule has 3 heterocycles. The van der Waals surface area contributed by atoms with Gasteiger partial charge in [0.25, 0.3) is 5.79 Å². The zero-order valence-electron chi connectivity index (χ0n) is 23.8. The first-order valence-electron chi connectivity index (χ1n) is 14.2. The summed E-state index contributed by atoms with van der Waals surface area (Å²) in [7, 11) is 0. The molecule has 45 heavy (non-hydrogen) atoms. The molecule has 5 aromatic rings. The van der Waals surface area contributed by atoms with Crippen molar-refractivity contribution in [1.29, 1.82) is 5.26 Å². The van der Waals surface area contributed by atoms with Gasteiger partial charge >= 0.3 is 5.97 Å². The van der Waals surface area contributed by atoms with Gasteiger partial charge in [0.1, 0.15) is 17.5 Å². The SMILES string of the molecule is CC1(c2ccc(Cl)cc2F)Oc2cccc(-c3cc(F)c(Cc4nc5ccc(C(=O)O)cc5n4C[C@@H]4CCO4)c(C#N)c3)c2O1. The number of rotatable bonds is 7. The molecule has 1 fully saturated rings. The number of ether oxygens (including phenoxy) is 3. The lowest BCUT2D eigenvalue weighted by Crippen LogP contribution is -2.32. The van der Waals surface area contributed by atoms with E-state index in [1.54, 1.807) is 43.3 Å². The van der Waals surface area contributed by atoms with Crippen molar-refractivity contribution in [3.05, 3.63) is 111 Å². The first-order chi connectivity index (χ1) is 21.6. The number of halogens is 3. The molecule has 0 spiro atoms. The van der Waals surface area contributed by atoms with Crippen molar-refractivity contribution in [2.24, 2.45) is 0 Å². The maximum absolute atomic E-state index is 16.0. The first-order valence-corrected chi connectivity index (χ1v) is 14.5. The van der Waals surface area contributed by atoms with E-state index in [0.717, 1.165) is 6.42 Å². The van der Waals surface area contributed by atoms with Crippen LogP contribution in [-0.4, -0.2) is 33.3 Å². The summed E-state index contributed by atoms with van der Waals surface area (Å²) < 4.78 is 50.5. The van der Waals surface area contributed by atoms with Gasteiger partial charge in [-0.1, -0.05) is 23.7 Å². The highest BCUT2D eigenvalue weighted by Crippen LogP contribution is 2.50. The van der Waals surface area contributed by atoms with Crippen LogP contribution in [0.1, 0.15) is 46.2 Å². The maximum Gasteiger partial charge on any atom is 0.335 e. The van der Waals surface area contributed by atoms with Crippen LogP contribution < -0.4 is 9.47 Å². The minimum absolute atomic E-state index is 0.0146. The lowest BCUT2D eigenvalue weighted by Gasteiger charge is -2.27. The van der Waals surface area contributed by atoms with E-state index < -0.39 is 23.4 Å². The van der Waals surface area contributed by atoms with Crippen LogP contribution in [0.3, 0.4) is 0 Å². The second-order valence-corrected chi connectivity index (χ2v) is 11.5. The highest BCUT2D eigenvalue weighted by atomic mass is 35.5. The predicted octanol–water partition coefficient (Wildman–Crippen LogP) is 7.23. The summed E-state index contributed by atoms with van der Waals surface area (Å²) in [5.74, 6) is -2.72. The average Bonchev–Trinajstić information content (AvgIpc) is 3.51. The number of imidazole rings is 1. The molecule has 2 aliphatic rings. The fraction of sp³-hybridized carbons (Fsp3) is 0.206. The Labute approximate surface area is 261 Å². The van der Waals surface area contributed by atoms with E-state index in [2.05, 4.69) is 11.1 Å². The summed E-state index contributed by atoms with van der Waals surface area (Å²) in [6, 6.07) is 18.9. The standard InChI is InChI=1S/C34H24ClF2N3O5/c1-34(25-7-6-21(35)14-27(25)37)44-30-4-2-3-23(32(30)45-34)19-11-20(16-38)24(26(36)12-19)15-31-39-28-8-5-18(33(41)42)13-29(28)40(31)17-22-9-10-43-22/h2-8,11-14,22H,9-10,15,17H2,1H3,(H,41,42)/t22-,34?/m0/s1. The molecule has 1 N–H and O–H groups in total. The Morgan fingerprint density at radius 1 is 1.13 bits per heavy atom. The van der Waals surface area contributed by atoms with E-state index in [9.17, 15) is 19.6 Å². The molecule has 4 aromatic carbocycles. The third-order valence-electron chi connectivity index (χ3n) is 8.22. The van der Waals surface area contributed by atoms with Crippen LogP contribution in [0.2, 0.25) is 5.02 Å². The molecule has 2 aliphatic heterocycles. The Morgan fingerprint density at radius 2 is 1.96 bits per heavy atom. The Balaban J connectivity index is 1.26. The van der Waals surface area contributed by atoms with Gasteiger partial charge in [-0.3, -0.25) is 0 Å². The molecular weight excluding hydrogens is 604 g/mol. The normalized spacial score (nSPS) is 18.5. The first kappa shape index (κ1) is 28.8. The number of nitrogens with zero attached hydrogens (tertiary/aromatic N) is 3. The maximum atomic E-state index is 16.0. The number of hydrogen-bond acceptors (Lipinski definition) is 6. The number of aromatic nitrogens is 2. The quantitative estimate of drug-likeness (QED) is 0.203. The van der Waals surface area contributed by atoms with Crippen molar-refractivity contribution in [1.82, 2.24) is 9.55 Å². The van der Waals surface area contributed by atoms with Gasteiger partial charge in [-0.15, -0.1) is 0 Å². The van der Waals surface area contributed by atoms with E-state index >= 15 is 4.39 Å². The third-order valence-corrected chi connectivity index (χ3v) is 8.45. The van der Waals surface area contributed by atoms with Crippen molar-refractivity contribution in [3.8, 4) is 28.7 Å². The molecular formula is C34H24ClF2N3O5. The van der Waals surface area contributed by atoms with E-state index in [1.807, 2.05) is 4.57 Å². The van der Waals surface area contributed by atoms with Gasteiger partial charge in [0.15, 0.2) is 11.5 Å². The number of aromatic carboxylic acids is 1. The summed E-state index contributed by atoms with van der Waals surface area (Å²) in [6.07, 6.45) is 0.743. The number of carboxylic acid groups (broad SMARTS) is 1. The number of fused-ring (bicyclic) bond motifs is 2. The minimum Gasteiger partial charge on any atom is -0.478 e. The zero-order chi connectivity index (χ0) is 31.5. The van der Waals surface area contributed by atoms with E-state index in [4.69, 9.17) is 25.8 Å². The molecule has 1 unspecified atom stereocenters. The van der Waals surface area contributed by atoms with Gasteiger partial charge in [0.05, 0.1) is 46.4 Å². The van der Waals surface area contributed by atoms with Gasteiger partial charge in [0.2, 0.25) is 0 Å². The molecule has 0 saturated carbocycles. The Hall–Kier alpha value is -4.98. The molecule has 0 radical (unpaired) electrons. The molecule has 1 saturated heterocycles. The molecule has 0 aliphatic carbocycles.